The molecule has 6 heteroatoms. The molecule has 0 spiro atoms. The maximum absolute atomic E-state index is 12.5. The lowest BCUT2D eigenvalue weighted by Crippen LogP contribution is -2.18. The van der Waals surface area contributed by atoms with Gasteiger partial charge in [0.05, 0.1) is 32.0 Å². The second-order valence-corrected chi connectivity index (χ2v) is 5.68. The van der Waals surface area contributed by atoms with Gasteiger partial charge in [0.15, 0.2) is 0 Å². The zero-order chi connectivity index (χ0) is 18.5. The maximum Gasteiger partial charge on any atom is 0.244 e. The van der Waals surface area contributed by atoms with Crippen LogP contribution in [0.25, 0.3) is 10.9 Å². The normalized spacial score (nSPS) is 10.6. The summed E-state index contributed by atoms with van der Waals surface area (Å²) in [5, 5.41) is 3.83. The van der Waals surface area contributed by atoms with Gasteiger partial charge in [-0.1, -0.05) is 12.1 Å². The summed E-state index contributed by atoms with van der Waals surface area (Å²) >= 11 is 0. The van der Waals surface area contributed by atoms with Crippen molar-refractivity contribution >= 4 is 22.5 Å². The summed E-state index contributed by atoms with van der Waals surface area (Å²) < 4.78 is 18.1. The molecule has 0 radical (unpaired) electrons. The van der Waals surface area contributed by atoms with Crippen molar-refractivity contribution in [2.75, 3.05) is 26.1 Å². The smallest absolute Gasteiger partial charge is 0.244 e. The van der Waals surface area contributed by atoms with E-state index in [9.17, 15) is 4.79 Å². The zero-order valence-corrected chi connectivity index (χ0v) is 15.1. The third-order valence-corrected chi connectivity index (χ3v) is 4.05. The third kappa shape index (κ3) is 3.59. The van der Waals surface area contributed by atoms with Crippen LogP contribution in [0, 0.1) is 0 Å². The molecule has 0 aliphatic carbocycles. The maximum atomic E-state index is 12.5. The van der Waals surface area contributed by atoms with Crippen LogP contribution in [0.1, 0.15) is 6.92 Å². The lowest BCUT2D eigenvalue weighted by Gasteiger charge is -2.12. The molecule has 0 saturated carbocycles. The van der Waals surface area contributed by atoms with Gasteiger partial charge in [-0.05, 0) is 25.1 Å². The summed E-state index contributed by atoms with van der Waals surface area (Å²) in [4.78, 5) is 12.5. The number of para-hydroxylation sites is 2. The third-order valence-electron chi connectivity index (χ3n) is 4.05. The van der Waals surface area contributed by atoms with Crippen LogP contribution in [0.15, 0.2) is 48.7 Å². The first-order valence-corrected chi connectivity index (χ1v) is 8.38. The van der Waals surface area contributed by atoms with Crippen LogP contribution in [-0.4, -0.2) is 31.3 Å². The van der Waals surface area contributed by atoms with Crippen molar-refractivity contribution in [3.8, 4) is 17.2 Å². The molecule has 0 unspecified atom stereocenters. The molecule has 1 heterocycles. The monoisotopic (exact) mass is 354 g/mol. The first-order valence-electron chi connectivity index (χ1n) is 8.38. The van der Waals surface area contributed by atoms with E-state index in [0.717, 1.165) is 10.9 Å². The highest BCUT2D eigenvalue weighted by molar-refractivity contribution is 5.94. The van der Waals surface area contributed by atoms with Gasteiger partial charge < -0.3 is 24.1 Å². The lowest BCUT2D eigenvalue weighted by molar-refractivity contribution is -0.116. The largest absolute Gasteiger partial charge is 0.497 e. The van der Waals surface area contributed by atoms with Crippen LogP contribution in [0.3, 0.4) is 0 Å². The Kier molecular flexibility index (Phi) is 5.31. The van der Waals surface area contributed by atoms with E-state index >= 15 is 0 Å². The second-order valence-electron chi connectivity index (χ2n) is 5.68. The molecule has 0 bridgehead atoms. The molecule has 136 valence electrons. The number of hydrogen-bond acceptors (Lipinski definition) is 4. The highest BCUT2D eigenvalue weighted by atomic mass is 16.5. The van der Waals surface area contributed by atoms with Crippen LogP contribution >= 0.6 is 0 Å². The summed E-state index contributed by atoms with van der Waals surface area (Å²) in [6, 6.07) is 13.0. The molecule has 0 aliphatic heterocycles. The van der Waals surface area contributed by atoms with Gasteiger partial charge in [0.25, 0.3) is 0 Å². The van der Waals surface area contributed by atoms with E-state index in [0.29, 0.717) is 29.5 Å². The summed E-state index contributed by atoms with van der Waals surface area (Å²) in [7, 11) is 3.22. The molecule has 0 atom stereocenters. The second kappa shape index (κ2) is 7.82. The van der Waals surface area contributed by atoms with Crippen molar-refractivity contribution in [3.05, 3.63) is 48.7 Å². The highest BCUT2D eigenvalue weighted by Gasteiger charge is 2.13. The Morgan fingerprint density at radius 2 is 1.88 bits per heavy atom. The van der Waals surface area contributed by atoms with Crippen molar-refractivity contribution in [1.29, 1.82) is 0 Å². The Morgan fingerprint density at radius 3 is 2.62 bits per heavy atom. The molecule has 1 amide bonds. The first-order chi connectivity index (χ1) is 12.7. The number of carbonyl (C=O) groups is 1. The van der Waals surface area contributed by atoms with Crippen LogP contribution in [0.2, 0.25) is 0 Å². The Hall–Kier alpha value is -3.15. The summed E-state index contributed by atoms with van der Waals surface area (Å²) in [6.07, 6.45) is 1.86. The number of anilines is 1. The Morgan fingerprint density at radius 1 is 1.08 bits per heavy atom. The zero-order valence-electron chi connectivity index (χ0n) is 15.1. The van der Waals surface area contributed by atoms with Crippen molar-refractivity contribution < 1.29 is 19.0 Å². The van der Waals surface area contributed by atoms with E-state index in [1.165, 1.54) is 0 Å². The molecule has 0 aliphatic rings. The number of methoxy groups -OCH3 is 2. The van der Waals surface area contributed by atoms with Gasteiger partial charge in [0.1, 0.15) is 23.8 Å². The molecule has 1 aromatic heterocycles. The topological polar surface area (TPSA) is 61.7 Å². The Bertz CT molecular complexity index is 917. The van der Waals surface area contributed by atoms with Gasteiger partial charge >= 0.3 is 0 Å². The standard InChI is InChI=1S/C20H22N2O4/c1-4-26-18-8-6-5-7-16(18)21-20(23)13-22-10-9-15-17(22)11-14(24-2)12-19(15)25-3/h5-12H,4,13H2,1-3H3,(H,21,23). The number of carbonyl (C=O) groups excluding carboxylic acids is 1. The van der Waals surface area contributed by atoms with E-state index in [4.69, 9.17) is 14.2 Å². The fourth-order valence-corrected chi connectivity index (χ4v) is 2.86. The van der Waals surface area contributed by atoms with E-state index in [2.05, 4.69) is 5.32 Å². The number of ether oxygens (including phenoxy) is 3. The molecular formula is C20H22N2O4. The minimum absolute atomic E-state index is 0.142. The van der Waals surface area contributed by atoms with Crippen molar-refractivity contribution in [2.45, 2.75) is 13.5 Å². The van der Waals surface area contributed by atoms with Crippen LogP contribution in [0.4, 0.5) is 5.69 Å². The summed E-state index contributed by atoms with van der Waals surface area (Å²) in [5.74, 6) is 1.90. The molecule has 26 heavy (non-hydrogen) atoms. The molecule has 0 saturated heterocycles. The van der Waals surface area contributed by atoms with Crippen LogP contribution in [0.5, 0.6) is 17.2 Å². The van der Waals surface area contributed by atoms with Gasteiger partial charge in [-0.3, -0.25) is 4.79 Å². The number of nitrogens with zero attached hydrogens (tertiary/aromatic N) is 1. The number of hydrogen-bond donors (Lipinski definition) is 1. The fraction of sp³-hybridized carbons (Fsp3) is 0.250. The van der Waals surface area contributed by atoms with Crippen LogP contribution < -0.4 is 19.5 Å². The summed E-state index contributed by atoms with van der Waals surface area (Å²) in [6.45, 7) is 2.61. The van der Waals surface area contributed by atoms with Gasteiger partial charge in [-0.15, -0.1) is 0 Å². The molecule has 1 N–H and O–H groups in total. The number of fused-ring (bicyclic) bond motifs is 1. The summed E-state index contributed by atoms with van der Waals surface area (Å²) in [5.41, 5.74) is 1.53. The van der Waals surface area contributed by atoms with E-state index in [-0.39, 0.29) is 12.5 Å². The minimum atomic E-state index is -0.142. The number of aromatic nitrogens is 1. The first kappa shape index (κ1) is 17.7. The van der Waals surface area contributed by atoms with Crippen molar-refractivity contribution in [1.82, 2.24) is 4.57 Å². The molecule has 6 nitrogen and oxygen atoms in total. The Balaban J connectivity index is 1.84. The van der Waals surface area contributed by atoms with Crippen molar-refractivity contribution in [3.63, 3.8) is 0 Å². The van der Waals surface area contributed by atoms with E-state index < -0.39 is 0 Å². The van der Waals surface area contributed by atoms with E-state index in [1.807, 2.05) is 60.2 Å². The molecule has 3 rings (SSSR count). The molecule has 2 aromatic carbocycles. The lowest BCUT2D eigenvalue weighted by atomic mass is 10.2. The average molecular weight is 354 g/mol. The number of amides is 1. The van der Waals surface area contributed by atoms with Gasteiger partial charge in [-0.25, -0.2) is 0 Å². The van der Waals surface area contributed by atoms with Gasteiger partial charge in [0, 0.05) is 23.7 Å². The molecule has 3 aromatic rings. The number of rotatable bonds is 7. The van der Waals surface area contributed by atoms with E-state index in [1.54, 1.807) is 14.2 Å². The average Bonchev–Trinajstić information content (AvgIpc) is 3.05. The SMILES string of the molecule is CCOc1ccccc1NC(=O)Cn1ccc2c(OC)cc(OC)cc21. The quantitative estimate of drug-likeness (QED) is 0.703. The van der Waals surface area contributed by atoms with Crippen LogP contribution in [-0.2, 0) is 11.3 Å². The predicted molar refractivity (Wildman–Crippen MR) is 101 cm³/mol. The van der Waals surface area contributed by atoms with Crippen molar-refractivity contribution in [2.24, 2.45) is 0 Å². The molecular weight excluding hydrogens is 332 g/mol. The molecule has 0 fully saturated rings. The Labute approximate surface area is 152 Å². The van der Waals surface area contributed by atoms with Gasteiger partial charge in [-0.2, -0.15) is 0 Å². The fourth-order valence-electron chi connectivity index (χ4n) is 2.86. The predicted octanol–water partition coefficient (Wildman–Crippen LogP) is 3.70. The minimum Gasteiger partial charge on any atom is -0.497 e. The number of nitrogens with one attached hydrogen (secondary N) is 1. The highest BCUT2D eigenvalue weighted by Crippen LogP contribution is 2.32. The number of benzene rings is 2. The van der Waals surface area contributed by atoms with Gasteiger partial charge in [0.2, 0.25) is 5.91 Å².